The van der Waals surface area contributed by atoms with Gasteiger partial charge in [0.25, 0.3) is 6.43 Å². The first-order valence-electron chi connectivity index (χ1n) is 3.86. The van der Waals surface area contributed by atoms with Gasteiger partial charge in [-0.25, -0.2) is 8.78 Å². The van der Waals surface area contributed by atoms with Crippen molar-refractivity contribution in [3.05, 3.63) is 28.6 Å². The lowest BCUT2D eigenvalue weighted by Gasteiger charge is -2.07. The lowest BCUT2D eigenvalue weighted by Crippen LogP contribution is -2.03. The number of nitriles is 1. The van der Waals surface area contributed by atoms with Crippen molar-refractivity contribution in [3.8, 4) is 6.07 Å². The first-order valence-corrected chi connectivity index (χ1v) is 4.99. The zero-order valence-electron chi connectivity index (χ0n) is 7.38. The third-order valence-corrected chi connectivity index (χ3v) is 2.40. The fourth-order valence-corrected chi connectivity index (χ4v) is 1.69. The Labute approximate surface area is 92.9 Å². The van der Waals surface area contributed by atoms with Gasteiger partial charge in [-0.1, -0.05) is 15.9 Å². The Bertz CT molecular complexity index is 429. The summed E-state index contributed by atoms with van der Waals surface area (Å²) in [5.74, 6) is 0. The predicted molar refractivity (Wildman–Crippen MR) is 51.9 cm³/mol. The number of nitrogens with zero attached hydrogens (tertiary/aromatic N) is 2. The summed E-state index contributed by atoms with van der Waals surface area (Å²) in [5, 5.41) is 8.89. The highest BCUT2D eigenvalue weighted by atomic mass is 79.9. The van der Waals surface area contributed by atoms with E-state index in [9.17, 15) is 13.6 Å². The van der Waals surface area contributed by atoms with Crippen LogP contribution in [0.1, 0.15) is 33.6 Å². The van der Waals surface area contributed by atoms with E-state index < -0.39 is 12.0 Å². The number of carbonyl (C=O) groups excluding carboxylic acids is 1. The largest absolute Gasteiger partial charge is 0.296 e. The van der Waals surface area contributed by atoms with Crippen molar-refractivity contribution in [1.29, 1.82) is 5.26 Å². The summed E-state index contributed by atoms with van der Waals surface area (Å²) in [4.78, 5) is 14.1. The highest BCUT2D eigenvalue weighted by Gasteiger charge is 2.19. The van der Waals surface area contributed by atoms with E-state index in [4.69, 9.17) is 5.26 Å². The summed E-state index contributed by atoms with van der Waals surface area (Å²) < 4.78 is 24.9. The Morgan fingerprint density at radius 2 is 2.33 bits per heavy atom. The average molecular weight is 275 g/mol. The number of hydrogen-bond acceptors (Lipinski definition) is 3. The van der Waals surface area contributed by atoms with Crippen LogP contribution in [0.15, 0.2) is 6.20 Å². The summed E-state index contributed by atoms with van der Waals surface area (Å²) >= 11 is 3.03. The van der Waals surface area contributed by atoms with Crippen molar-refractivity contribution < 1.29 is 13.6 Å². The number of rotatable bonds is 3. The summed E-state index contributed by atoms with van der Waals surface area (Å²) in [7, 11) is 0. The molecule has 0 atom stereocenters. The van der Waals surface area contributed by atoms with E-state index >= 15 is 0 Å². The molecule has 0 saturated carbocycles. The molecule has 0 fully saturated rings. The highest BCUT2D eigenvalue weighted by Crippen LogP contribution is 2.26. The molecule has 0 radical (unpaired) electrons. The Kier molecular flexibility index (Phi) is 3.86. The standard InChI is InChI=1S/C9H5BrF2N2O/c10-1-5-6(2-13)7(9(11)12)3-14-8(5)4-15/h3-4,9H,1H2. The first-order chi connectivity index (χ1) is 7.15. The maximum absolute atomic E-state index is 12.5. The second-order valence-electron chi connectivity index (χ2n) is 2.62. The van der Waals surface area contributed by atoms with Gasteiger partial charge in [0.15, 0.2) is 6.29 Å². The molecular weight excluding hydrogens is 270 g/mol. The molecular formula is C9H5BrF2N2O. The molecule has 15 heavy (non-hydrogen) atoms. The third-order valence-electron chi connectivity index (χ3n) is 1.83. The molecule has 1 aromatic heterocycles. The molecule has 0 aliphatic rings. The number of pyridine rings is 1. The van der Waals surface area contributed by atoms with E-state index in [0.29, 0.717) is 6.29 Å². The topological polar surface area (TPSA) is 53.8 Å². The molecule has 0 N–H and O–H groups in total. The van der Waals surface area contributed by atoms with Gasteiger partial charge in [0.1, 0.15) is 11.8 Å². The van der Waals surface area contributed by atoms with Gasteiger partial charge in [-0.2, -0.15) is 5.26 Å². The Balaban J connectivity index is 3.49. The molecule has 78 valence electrons. The van der Waals surface area contributed by atoms with Crippen molar-refractivity contribution >= 4 is 22.2 Å². The zero-order chi connectivity index (χ0) is 11.4. The van der Waals surface area contributed by atoms with Crippen molar-refractivity contribution in [1.82, 2.24) is 4.98 Å². The summed E-state index contributed by atoms with van der Waals surface area (Å²) in [5.41, 5.74) is -0.422. The maximum Gasteiger partial charge on any atom is 0.266 e. The molecule has 0 aliphatic heterocycles. The van der Waals surface area contributed by atoms with E-state index in [1.807, 2.05) is 0 Å². The van der Waals surface area contributed by atoms with Crippen LogP contribution in [0, 0.1) is 11.3 Å². The minimum absolute atomic E-state index is 0.00725. The lowest BCUT2D eigenvalue weighted by molar-refractivity contribution is 0.111. The minimum atomic E-state index is -2.77. The van der Waals surface area contributed by atoms with Gasteiger partial charge in [-0.15, -0.1) is 0 Å². The van der Waals surface area contributed by atoms with Crippen LogP contribution in [0.25, 0.3) is 0 Å². The first kappa shape index (κ1) is 11.7. The summed E-state index contributed by atoms with van der Waals surface area (Å²) in [6.07, 6.45) is -1.48. The van der Waals surface area contributed by atoms with E-state index in [2.05, 4.69) is 20.9 Å². The second kappa shape index (κ2) is 4.94. The van der Waals surface area contributed by atoms with Crippen LogP contribution in [0.5, 0.6) is 0 Å². The fraction of sp³-hybridized carbons (Fsp3) is 0.222. The molecule has 1 rings (SSSR count). The van der Waals surface area contributed by atoms with Crippen LogP contribution in [0.2, 0.25) is 0 Å². The van der Waals surface area contributed by atoms with Crippen LogP contribution in [0.4, 0.5) is 8.78 Å². The van der Waals surface area contributed by atoms with Crippen LogP contribution in [0.3, 0.4) is 0 Å². The number of carbonyl (C=O) groups is 1. The van der Waals surface area contributed by atoms with Gasteiger partial charge in [0.05, 0.1) is 11.1 Å². The smallest absolute Gasteiger partial charge is 0.266 e. The molecule has 0 saturated heterocycles. The van der Waals surface area contributed by atoms with Crippen molar-refractivity contribution in [3.63, 3.8) is 0 Å². The molecule has 1 heterocycles. The van der Waals surface area contributed by atoms with E-state index in [0.717, 1.165) is 6.20 Å². The van der Waals surface area contributed by atoms with Crippen LogP contribution >= 0.6 is 15.9 Å². The SMILES string of the molecule is N#Cc1c(C(F)F)cnc(C=O)c1CBr. The van der Waals surface area contributed by atoms with Gasteiger partial charge in [-0.05, 0) is 0 Å². The normalized spacial score (nSPS) is 10.1. The minimum Gasteiger partial charge on any atom is -0.296 e. The predicted octanol–water partition coefficient (Wildman–Crippen LogP) is 2.60. The zero-order valence-corrected chi connectivity index (χ0v) is 8.96. The molecule has 3 nitrogen and oxygen atoms in total. The molecule has 0 spiro atoms. The van der Waals surface area contributed by atoms with Gasteiger partial charge in [-0.3, -0.25) is 9.78 Å². The number of aromatic nitrogens is 1. The molecule has 0 aliphatic carbocycles. The van der Waals surface area contributed by atoms with Gasteiger partial charge < -0.3 is 0 Å². The van der Waals surface area contributed by atoms with E-state index in [1.54, 1.807) is 6.07 Å². The fourth-order valence-electron chi connectivity index (χ4n) is 1.12. The second-order valence-corrected chi connectivity index (χ2v) is 3.18. The van der Waals surface area contributed by atoms with Crippen molar-refractivity contribution in [2.45, 2.75) is 11.8 Å². The highest BCUT2D eigenvalue weighted by molar-refractivity contribution is 9.08. The van der Waals surface area contributed by atoms with Crippen LogP contribution in [-0.4, -0.2) is 11.3 Å². The Morgan fingerprint density at radius 1 is 1.67 bits per heavy atom. The Hall–Kier alpha value is -1.35. The maximum atomic E-state index is 12.5. The molecule has 6 heteroatoms. The number of halogens is 3. The molecule has 0 unspecified atom stereocenters. The third kappa shape index (κ3) is 2.18. The molecule has 0 bridgehead atoms. The quantitative estimate of drug-likeness (QED) is 0.629. The monoisotopic (exact) mass is 274 g/mol. The van der Waals surface area contributed by atoms with Crippen molar-refractivity contribution in [2.75, 3.05) is 0 Å². The van der Waals surface area contributed by atoms with Crippen LogP contribution in [-0.2, 0) is 5.33 Å². The Morgan fingerprint density at radius 3 is 2.73 bits per heavy atom. The lowest BCUT2D eigenvalue weighted by atomic mass is 10.0. The van der Waals surface area contributed by atoms with E-state index in [-0.39, 0.29) is 22.2 Å². The number of alkyl halides is 3. The van der Waals surface area contributed by atoms with E-state index in [1.165, 1.54) is 0 Å². The molecule has 0 amide bonds. The van der Waals surface area contributed by atoms with Gasteiger partial charge >= 0.3 is 0 Å². The number of hydrogen-bond donors (Lipinski definition) is 0. The summed E-state index contributed by atoms with van der Waals surface area (Å²) in [6, 6.07) is 1.66. The van der Waals surface area contributed by atoms with Crippen LogP contribution < -0.4 is 0 Å². The average Bonchev–Trinajstić information content (AvgIpc) is 2.26. The van der Waals surface area contributed by atoms with Gasteiger partial charge in [0.2, 0.25) is 0 Å². The molecule has 0 aromatic carbocycles. The van der Waals surface area contributed by atoms with Gasteiger partial charge in [0, 0.05) is 17.1 Å². The molecule has 1 aromatic rings. The van der Waals surface area contributed by atoms with Crippen molar-refractivity contribution in [2.24, 2.45) is 0 Å². The number of aldehydes is 1. The summed E-state index contributed by atoms with van der Waals surface area (Å²) in [6.45, 7) is 0.